The zero-order valence-electron chi connectivity index (χ0n) is 9.30. The molecule has 0 aromatic rings. The maximum absolute atomic E-state index is 10.9. The fourth-order valence-electron chi connectivity index (χ4n) is 0.791. The molecule has 1 atom stereocenters. The molecule has 0 heterocycles. The monoisotopic (exact) mass is 189 g/mol. The molecule has 0 bridgehead atoms. The summed E-state index contributed by atoms with van der Waals surface area (Å²) in [6.45, 7) is 8.26. The van der Waals surface area contributed by atoms with Gasteiger partial charge in [0.1, 0.15) is 6.04 Å². The Labute approximate surface area is 81.6 Å². The Hall–Kier alpha value is -0.570. The largest absolute Gasteiger partial charge is 0.465 e. The average molecular weight is 189 g/mol. The third kappa shape index (κ3) is 9.34. The number of hydrogen-bond acceptors (Lipinski definition) is 3. The molecule has 3 nitrogen and oxygen atoms in total. The Kier molecular flexibility index (Phi) is 13.1. The highest BCUT2D eigenvalue weighted by Crippen LogP contribution is 1.99. The van der Waals surface area contributed by atoms with Crippen LogP contribution in [0.1, 0.15) is 47.0 Å². The topological polar surface area (TPSA) is 52.3 Å². The lowest BCUT2D eigenvalue weighted by atomic mass is 10.1. The van der Waals surface area contributed by atoms with Crippen molar-refractivity contribution in [3.8, 4) is 0 Å². The van der Waals surface area contributed by atoms with E-state index >= 15 is 0 Å². The zero-order valence-corrected chi connectivity index (χ0v) is 9.30. The Morgan fingerprint density at radius 2 is 1.92 bits per heavy atom. The summed E-state index contributed by atoms with van der Waals surface area (Å²) in [6, 6.07) is -0.421. The van der Waals surface area contributed by atoms with Crippen molar-refractivity contribution in [1.29, 1.82) is 0 Å². The van der Waals surface area contributed by atoms with Crippen LogP contribution in [0.4, 0.5) is 0 Å². The molecule has 0 spiro atoms. The van der Waals surface area contributed by atoms with E-state index in [0.29, 0.717) is 6.61 Å². The summed E-state index contributed by atoms with van der Waals surface area (Å²) >= 11 is 0. The second-order valence-electron chi connectivity index (χ2n) is 2.50. The van der Waals surface area contributed by atoms with Crippen LogP contribution in [0.2, 0.25) is 0 Å². The lowest BCUT2D eigenvalue weighted by Crippen LogP contribution is -2.32. The highest BCUT2D eigenvalue weighted by atomic mass is 16.5. The molecule has 0 aliphatic rings. The zero-order chi connectivity index (χ0) is 10.7. The quantitative estimate of drug-likeness (QED) is 0.674. The molecule has 0 aromatic carbocycles. The van der Waals surface area contributed by atoms with E-state index in [2.05, 4.69) is 6.92 Å². The van der Waals surface area contributed by atoms with Crippen LogP contribution >= 0.6 is 0 Å². The number of hydrogen-bond donors (Lipinski definition) is 1. The van der Waals surface area contributed by atoms with Gasteiger partial charge in [-0.05, 0) is 13.3 Å². The van der Waals surface area contributed by atoms with Gasteiger partial charge in [0.25, 0.3) is 0 Å². The van der Waals surface area contributed by atoms with Crippen molar-refractivity contribution < 1.29 is 9.53 Å². The second-order valence-corrected chi connectivity index (χ2v) is 2.50. The van der Waals surface area contributed by atoms with Crippen LogP contribution in [0.5, 0.6) is 0 Å². The van der Waals surface area contributed by atoms with Crippen LogP contribution in [0.25, 0.3) is 0 Å². The van der Waals surface area contributed by atoms with Gasteiger partial charge in [-0.3, -0.25) is 4.79 Å². The fraction of sp³-hybridized carbons (Fsp3) is 0.900. The molecule has 0 fully saturated rings. The summed E-state index contributed by atoms with van der Waals surface area (Å²) in [5.74, 6) is -0.277. The highest BCUT2D eigenvalue weighted by Gasteiger charge is 2.12. The van der Waals surface area contributed by atoms with E-state index < -0.39 is 6.04 Å². The van der Waals surface area contributed by atoms with Crippen molar-refractivity contribution in [3.05, 3.63) is 0 Å². The molecule has 0 rings (SSSR count). The van der Waals surface area contributed by atoms with Gasteiger partial charge < -0.3 is 10.5 Å². The fourth-order valence-corrected chi connectivity index (χ4v) is 0.791. The lowest BCUT2D eigenvalue weighted by Gasteiger charge is -2.08. The standard InChI is InChI=1S/C8H17NO2.C2H6/c1-3-5-6-7(9)8(10)11-4-2;1-2/h7H,3-6,9H2,1-2H3;1-2H3/t7-;/m1./s1. The van der Waals surface area contributed by atoms with Crippen molar-refractivity contribution in [2.75, 3.05) is 6.61 Å². The van der Waals surface area contributed by atoms with Gasteiger partial charge in [0.15, 0.2) is 0 Å². The van der Waals surface area contributed by atoms with E-state index in [1.165, 1.54) is 0 Å². The summed E-state index contributed by atoms with van der Waals surface area (Å²) in [7, 11) is 0. The molecule has 80 valence electrons. The second kappa shape index (κ2) is 11.4. The summed E-state index contributed by atoms with van der Waals surface area (Å²) in [4.78, 5) is 10.9. The maximum Gasteiger partial charge on any atom is 0.322 e. The minimum atomic E-state index is -0.421. The van der Waals surface area contributed by atoms with Crippen LogP contribution in [0, 0.1) is 0 Å². The predicted octanol–water partition coefficient (Wildman–Crippen LogP) is 2.09. The maximum atomic E-state index is 10.9. The number of unbranched alkanes of at least 4 members (excludes halogenated alkanes) is 1. The molecule has 13 heavy (non-hydrogen) atoms. The van der Waals surface area contributed by atoms with Gasteiger partial charge >= 0.3 is 5.97 Å². The number of carbonyl (C=O) groups is 1. The van der Waals surface area contributed by atoms with Gasteiger partial charge in [-0.15, -0.1) is 0 Å². The average Bonchev–Trinajstić information content (AvgIpc) is 2.17. The molecule has 0 unspecified atom stereocenters. The molecule has 2 N–H and O–H groups in total. The Morgan fingerprint density at radius 1 is 1.38 bits per heavy atom. The first kappa shape index (κ1) is 14.9. The molecule has 0 saturated heterocycles. The number of esters is 1. The SMILES string of the molecule is CC.CCCC[C@@H](N)C(=O)OCC. The van der Waals surface area contributed by atoms with Crippen LogP contribution < -0.4 is 5.73 Å². The first-order valence-corrected chi connectivity index (χ1v) is 5.14. The third-order valence-electron chi connectivity index (χ3n) is 1.46. The van der Waals surface area contributed by atoms with Crippen molar-refractivity contribution in [3.63, 3.8) is 0 Å². The van der Waals surface area contributed by atoms with Crippen LogP contribution in [-0.2, 0) is 9.53 Å². The van der Waals surface area contributed by atoms with E-state index in [1.807, 2.05) is 13.8 Å². The van der Waals surface area contributed by atoms with E-state index in [4.69, 9.17) is 10.5 Å². The van der Waals surface area contributed by atoms with Crippen LogP contribution in [0.3, 0.4) is 0 Å². The Bertz CT molecular complexity index is 115. The normalized spacial score (nSPS) is 11.2. The van der Waals surface area contributed by atoms with Gasteiger partial charge in [-0.2, -0.15) is 0 Å². The molecule has 0 aliphatic carbocycles. The molecule has 0 aliphatic heterocycles. The van der Waals surface area contributed by atoms with Crippen LogP contribution in [0.15, 0.2) is 0 Å². The van der Waals surface area contributed by atoms with Crippen LogP contribution in [-0.4, -0.2) is 18.6 Å². The Morgan fingerprint density at radius 3 is 2.31 bits per heavy atom. The minimum absolute atomic E-state index is 0.277. The van der Waals surface area contributed by atoms with E-state index in [9.17, 15) is 4.79 Å². The van der Waals surface area contributed by atoms with Gasteiger partial charge in [0.05, 0.1) is 6.61 Å². The van der Waals surface area contributed by atoms with Gasteiger partial charge in [0.2, 0.25) is 0 Å². The number of carbonyl (C=O) groups excluding carboxylic acids is 1. The molecular formula is C10H23NO2. The number of rotatable bonds is 5. The third-order valence-corrected chi connectivity index (χ3v) is 1.46. The van der Waals surface area contributed by atoms with E-state index in [1.54, 1.807) is 6.92 Å². The van der Waals surface area contributed by atoms with Gasteiger partial charge in [-0.25, -0.2) is 0 Å². The summed E-state index contributed by atoms with van der Waals surface area (Å²) in [5.41, 5.74) is 5.51. The Balaban J connectivity index is 0. The molecular weight excluding hydrogens is 166 g/mol. The molecule has 3 heteroatoms. The summed E-state index contributed by atoms with van der Waals surface area (Å²) in [6.07, 6.45) is 2.78. The molecule has 0 radical (unpaired) electrons. The number of ether oxygens (including phenoxy) is 1. The van der Waals surface area contributed by atoms with E-state index in [-0.39, 0.29) is 5.97 Å². The van der Waals surface area contributed by atoms with Crippen molar-refractivity contribution in [1.82, 2.24) is 0 Å². The minimum Gasteiger partial charge on any atom is -0.465 e. The van der Waals surface area contributed by atoms with Crippen molar-refractivity contribution >= 4 is 5.97 Å². The van der Waals surface area contributed by atoms with Gasteiger partial charge in [0, 0.05) is 0 Å². The molecule has 0 amide bonds. The highest BCUT2D eigenvalue weighted by molar-refractivity contribution is 5.75. The molecule has 0 aromatic heterocycles. The number of nitrogens with two attached hydrogens (primary N) is 1. The van der Waals surface area contributed by atoms with Crippen molar-refractivity contribution in [2.24, 2.45) is 5.73 Å². The van der Waals surface area contributed by atoms with Crippen molar-refractivity contribution in [2.45, 2.75) is 53.0 Å². The summed E-state index contributed by atoms with van der Waals surface area (Å²) < 4.78 is 4.74. The first-order chi connectivity index (χ1) is 6.22. The van der Waals surface area contributed by atoms with E-state index in [0.717, 1.165) is 19.3 Å². The summed E-state index contributed by atoms with van der Waals surface area (Å²) in [5, 5.41) is 0. The molecule has 0 saturated carbocycles. The lowest BCUT2D eigenvalue weighted by molar-refractivity contribution is -0.144. The van der Waals surface area contributed by atoms with Gasteiger partial charge in [-0.1, -0.05) is 33.6 Å². The smallest absolute Gasteiger partial charge is 0.322 e. The predicted molar refractivity (Wildman–Crippen MR) is 55.5 cm³/mol. The first-order valence-electron chi connectivity index (χ1n) is 5.14.